The Morgan fingerprint density at radius 1 is 1.15 bits per heavy atom. The van der Waals surface area contributed by atoms with Gasteiger partial charge in [0.25, 0.3) is 5.91 Å². The number of rotatable bonds is 9. The van der Waals surface area contributed by atoms with Crippen molar-refractivity contribution in [3.63, 3.8) is 0 Å². The second-order valence-corrected chi connectivity index (χ2v) is 10.2. The monoisotopic (exact) mass is 512 g/mol. The summed E-state index contributed by atoms with van der Waals surface area (Å²) >= 11 is 9.48. The van der Waals surface area contributed by atoms with Crippen LogP contribution in [-0.2, 0) is 5.75 Å². The molecule has 2 heterocycles. The number of nitrogens with one attached hydrogen (secondary N) is 1. The Morgan fingerprint density at radius 2 is 1.91 bits per heavy atom. The molecule has 4 rings (SSSR count). The van der Waals surface area contributed by atoms with Gasteiger partial charge in [-0.1, -0.05) is 53.7 Å². The summed E-state index contributed by atoms with van der Waals surface area (Å²) in [5.74, 6) is 1.10. The molecule has 0 radical (unpaired) electrons. The van der Waals surface area contributed by atoms with E-state index in [1.165, 1.54) is 23.1 Å². The van der Waals surface area contributed by atoms with Gasteiger partial charge >= 0.3 is 0 Å². The zero-order chi connectivity index (χ0) is 24.1. The first-order valence-corrected chi connectivity index (χ1v) is 12.9. The van der Waals surface area contributed by atoms with Gasteiger partial charge in [-0.2, -0.15) is 0 Å². The lowest BCUT2D eigenvalue weighted by Gasteiger charge is -2.13. The second-order valence-electron chi connectivity index (χ2n) is 7.88. The summed E-state index contributed by atoms with van der Waals surface area (Å²) in [6.07, 6.45) is 0. The van der Waals surface area contributed by atoms with E-state index in [2.05, 4.69) is 33.5 Å². The van der Waals surface area contributed by atoms with Gasteiger partial charge in [-0.15, -0.1) is 21.5 Å². The molecule has 1 N–H and O–H groups in total. The van der Waals surface area contributed by atoms with Crippen LogP contribution in [0.25, 0.3) is 17.1 Å². The predicted molar refractivity (Wildman–Crippen MR) is 139 cm³/mol. The number of benzene rings is 2. The molecule has 0 saturated carbocycles. The Labute approximate surface area is 212 Å². The van der Waals surface area contributed by atoms with Crippen molar-refractivity contribution in [2.75, 3.05) is 27.2 Å². The number of carbonyl (C=O) groups excluding carboxylic acids is 1. The fraction of sp³-hybridized carbons (Fsp3) is 0.250. The van der Waals surface area contributed by atoms with Crippen LogP contribution in [0.4, 0.5) is 0 Å². The van der Waals surface area contributed by atoms with Gasteiger partial charge in [-0.25, -0.2) is 4.98 Å². The van der Waals surface area contributed by atoms with E-state index in [1.807, 2.05) is 66.0 Å². The molecule has 0 unspecified atom stereocenters. The molecule has 4 aromatic rings. The molecular formula is C24H25ClN6OS2. The standard InChI is InChI=1S/C24H25ClN6OS2/c1-16-8-4-7-11-20(16)31-22(17-9-5-6-10-18(17)25)28-29-24(31)34-15-21-27-19(14-33-21)23(32)26-12-13-30(2)3/h4-11,14H,12-13,15H2,1-3H3,(H,26,32). The number of thiazole rings is 1. The largest absolute Gasteiger partial charge is 0.349 e. The molecule has 0 aliphatic rings. The van der Waals surface area contributed by atoms with Gasteiger partial charge in [-0.05, 0) is 44.8 Å². The molecule has 1 amide bonds. The Bertz CT molecular complexity index is 1290. The van der Waals surface area contributed by atoms with Gasteiger partial charge in [0.2, 0.25) is 0 Å². The summed E-state index contributed by atoms with van der Waals surface area (Å²) in [5, 5.41) is 15.8. The topological polar surface area (TPSA) is 75.9 Å². The molecule has 0 bridgehead atoms. The lowest BCUT2D eigenvalue weighted by atomic mass is 10.1. The van der Waals surface area contributed by atoms with Crippen molar-refractivity contribution in [3.8, 4) is 17.1 Å². The van der Waals surface area contributed by atoms with E-state index < -0.39 is 0 Å². The van der Waals surface area contributed by atoms with Crippen LogP contribution in [0.2, 0.25) is 5.02 Å². The van der Waals surface area contributed by atoms with Gasteiger partial charge in [0.05, 0.1) is 16.5 Å². The molecule has 2 aromatic carbocycles. The number of nitrogens with zero attached hydrogens (tertiary/aromatic N) is 5. The number of carbonyl (C=O) groups is 1. The first-order chi connectivity index (χ1) is 16.4. The summed E-state index contributed by atoms with van der Waals surface area (Å²) in [6.45, 7) is 3.42. The maximum atomic E-state index is 12.4. The Balaban J connectivity index is 1.57. The Hall–Kier alpha value is -2.72. The van der Waals surface area contributed by atoms with Gasteiger partial charge in [0.1, 0.15) is 10.7 Å². The van der Waals surface area contributed by atoms with Gasteiger partial charge < -0.3 is 10.2 Å². The quantitative estimate of drug-likeness (QED) is 0.320. The van der Waals surface area contributed by atoms with E-state index in [1.54, 1.807) is 5.38 Å². The number of hydrogen-bond acceptors (Lipinski definition) is 7. The molecule has 0 saturated heterocycles. The lowest BCUT2D eigenvalue weighted by molar-refractivity contribution is 0.0946. The van der Waals surface area contributed by atoms with E-state index >= 15 is 0 Å². The molecule has 0 atom stereocenters. The van der Waals surface area contributed by atoms with Crippen LogP contribution in [0.5, 0.6) is 0 Å². The van der Waals surface area contributed by atoms with Crippen LogP contribution >= 0.6 is 34.7 Å². The zero-order valence-electron chi connectivity index (χ0n) is 19.2. The molecule has 34 heavy (non-hydrogen) atoms. The first kappa shape index (κ1) is 24.4. The lowest BCUT2D eigenvalue weighted by Crippen LogP contribution is -2.31. The Morgan fingerprint density at radius 3 is 2.68 bits per heavy atom. The van der Waals surface area contributed by atoms with Crippen LogP contribution in [0.15, 0.2) is 59.1 Å². The van der Waals surface area contributed by atoms with Crippen molar-refractivity contribution in [1.82, 2.24) is 30.0 Å². The molecule has 176 valence electrons. The second kappa shape index (κ2) is 11.1. The van der Waals surface area contributed by atoms with Gasteiger partial charge in [0.15, 0.2) is 11.0 Å². The number of halogens is 1. The van der Waals surface area contributed by atoms with Crippen LogP contribution < -0.4 is 5.32 Å². The van der Waals surface area contributed by atoms with Crippen LogP contribution in [0.3, 0.4) is 0 Å². The minimum absolute atomic E-state index is 0.154. The zero-order valence-corrected chi connectivity index (χ0v) is 21.5. The predicted octanol–water partition coefficient (Wildman–Crippen LogP) is 4.94. The number of aryl methyl sites for hydroxylation is 1. The maximum absolute atomic E-state index is 12.4. The molecule has 2 aromatic heterocycles. The summed E-state index contributed by atoms with van der Waals surface area (Å²) < 4.78 is 2.03. The van der Waals surface area contributed by atoms with E-state index in [4.69, 9.17) is 11.6 Å². The highest BCUT2D eigenvalue weighted by Crippen LogP contribution is 2.34. The molecule has 0 spiro atoms. The highest BCUT2D eigenvalue weighted by Gasteiger charge is 2.20. The third-order valence-corrected chi connectivity index (χ3v) is 7.36. The van der Waals surface area contributed by atoms with Crippen molar-refractivity contribution in [1.29, 1.82) is 0 Å². The third-order valence-electron chi connectivity index (χ3n) is 5.06. The van der Waals surface area contributed by atoms with Crippen LogP contribution in [-0.4, -0.2) is 57.7 Å². The number of hydrogen-bond donors (Lipinski definition) is 1. The summed E-state index contributed by atoms with van der Waals surface area (Å²) in [4.78, 5) is 18.9. The highest BCUT2D eigenvalue weighted by atomic mass is 35.5. The number of amides is 1. The van der Waals surface area contributed by atoms with E-state index in [9.17, 15) is 4.79 Å². The van der Waals surface area contributed by atoms with E-state index in [0.29, 0.717) is 28.8 Å². The third kappa shape index (κ3) is 5.67. The van der Waals surface area contributed by atoms with Crippen LogP contribution in [0, 0.1) is 6.92 Å². The van der Waals surface area contributed by atoms with Crippen molar-refractivity contribution in [2.24, 2.45) is 0 Å². The number of para-hydroxylation sites is 1. The SMILES string of the molecule is Cc1ccccc1-n1c(SCc2nc(C(=O)NCCN(C)C)cs2)nnc1-c1ccccc1Cl. The normalized spacial score (nSPS) is 11.2. The fourth-order valence-electron chi connectivity index (χ4n) is 3.30. The van der Waals surface area contributed by atoms with Crippen LogP contribution in [0.1, 0.15) is 21.1 Å². The number of likely N-dealkylation sites (N-methyl/N-ethyl adjacent to an activating group) is 1. The number of thioether (sulfide) groups is 1. The first-order valence-electron chi connectivity index (χ1n) is 10.7. The Kier molecular flexibility index (Phi) is 7.99. The fourth-order valence-corrected chi connectivity index (χ4v) is 5.26. The highest BCUT2D eigenvalue weighted by molar-refractivity contribution is 7.98. The van der Waals surface area contributed by atoms with Crippen molar-refractivity contribution < 1.29 is 4.79 Å². The van der Waals surface area contributed by atoms with Crippen molar-refractivity contribution >= 4 is 40.6 Å². The minimum atomic E-state index is -0.154. The average Bonchev–Trinajstić information content (AvgIpc) is 3.45. The summed E-state index contributed by atoms with van der Waals surface area (Å²) in [5.41, 5.74) is 3.35. The molecule has 0 aliphatic heterocycles. The summed E-state index contributed by atoms with van der Waals surface area (Å²) in [7, 11) is 3.94. The van der Waals surface area contributed by atoms with E-state index in [0.717, 1.165) is 33.5 Å². The van der Waals surface area contributed by atoms with E-state index in [-0.39, 0.29) is 5.91 Å². The molecule has 0 aliphatic carbocycles. The smallest absolute Gasteiger partial charge is 0.270 e. The summed E-state index contributed by atoms with van der Waals surface area (Å²) in [6, 6.07) is 15.7. The number of aromatic nitrogens is 4. The average molecular weight is 513 g/mol. The molecular weight excluding hydrogens is 488 g/mol. The molecule has 7 nitrogen and oxygen atoms in total. The molecule has 10 heteroatoms. The van der Waals surface area contributed by atoms with Gasteiger partial charge in [-0.3, -0.25) is 9.36 Å². The maximum Gasteiger partial charge on any atom is 0.270 e. The van der Waals surface area contributed by atoms with Crippen molar-refractivity contribution in [3.05, 3.63) is 75.2 Å². The van der Waals surface area contributed by atoms with Crippen molar-refractivity contribution in [2.45, 2.75) is 17.8 Å². The molecule has 0 fully saturated rings. The minimum Gasteiger partial charge on any atom is -0.349 e. The van der Waals surface area contributed by atoms with Gasteiger partial charge in [0, 0.05) is 24.0 Å².